The number of nitrogens with two attached hydrogens (primary N) is 1. The van der Waals surface area contributed by atoms with Crippen LogP contribution in [0.15, 0.2) is 0 Å². The zero-order chi connectivity index (χ0) is 11.4. The molecule has 0 saturated heterocycles. The molecule has 0 rings (SSSR count). The monoisotopic (exact) mass is 226 g/mol. The largest absolute Gasteiger partial charge is 0.480 e. The van der Waals surface area contributed by atoms with E-state index in [0.29, 0.717) is 0 Å². The lowest BCUT2D eigenvalue weighted by molar-refractivity contribution is -0.138. The summed E-state index contributed by atoms with van der Waals surface area (Å²) in [5, 5.41) is 10.0. The second-order valence-corrected chi connectivity index (χ2v) is 3.96. The molecule has 0 aromatic rings. The van der Waals surface area contributed by atoms with Crippen LogP contribution >= 0.6 is 0 Å². The van der Waals surface area contributed by atoms with Gasteiger partial charge in [0, 0.05) is 0 Å². The molecule has 0 aliphatic heterocycles. The fourth-order valence-electron chi connectivity index (χ4n) is 0.596. The minimum Gasteiger partial charge on any atom is -0.480 e. The van der Waals surface area contributed by atoms with Gasteiger partial charge in [0.1, 0.15) is 12.6 Å². The highest BCUT2D eigenvalue weighted by molar-refractivity contribution is 7.85. The Hall–Kier alpha value is -1.19. The van der Waals surface area contributed by atoms with E-state index < -0.39 is 40.3 Å². The first-order valence-electron chi connectivity index (χ1n) is 3.42. The third-order valence-electron chi connectivity index (χ3n) is 1.14. The number of hydrogen-bond donors (Lipinski definition) is 4. The fraction of sp³-hybridized carbons (Fsp3) is 0.600. The Labute approximate surface area is 79.8 Å². The predicted molar refractivity (Wildman–Crippen MR) is 45.0 cm³/mol. The zero-order valence-corrected chi connectivity index (χ0v) is 7.82. The van der Waals surface area contributed by atoms with Crippen LogP contribution in [0.5, 0.6) is 0 Å². The minimum absolute atomic E-state index is 0.655. The quantitative estimate of drug-likeness (QED) is 0.376. The van der Waals surface area contributed by atoms with Gasteiger partial charge in [-0.1, -0.05) is 0 Å². The van der Waals surface area contributed by atoms with Gasteiger partial charge in [-0.25, -0.2) is 0 Å². The summed E-state index contributed by atoms with van der Waals surface area (Å²) >= 11 is 0. The molecule has 1 amide bonds. The summed E-state index contributed by atoms with van der Waals surface area (Å²) in [5.74, 6) is -3.18. The van der Waals surface area contributed by atoms with Gasteiger partial charge in [0.05, 0.1) is 5.75 Å². The van der Waals surface area contributed by atoms with Gasteiger partial charge in [0.2, 0.25) is 5.91 Å². The van der Waals surface area contributed by atoms with Crippen molar-refractivity contribution in [3.8, 4) is 0 Å². The van der Waals surface area contributed by atoms with Gasteiger partial charge in [-0.15, -0.1) is 0 Å². The molecule has 0 fully saturated rings. The molecule has 1 atom stereocenters. The van der Waals surface area contributed by atoms with Gasteiger partial charge in [0.25, 0.3) is 10.1 Å². The van der Waals surface area contributed by atoms with Gasteiger partial charge < -0.3 is 16.2 Å². The van der Waals surface area contributed by atoms with Gasteiger partial charge >= 0.3 is 5.97 Å². The van der Waals surface area contributed by atoms with E-state index in [1.165, 1.54) is 0 Å². The van der Waals surface area contributed by atoms with Gasteiger partial charge in [-0.05, 0) is 0 Å². The number of rotatable bonds is 5. The average molecular weight is 226 g/mol. The van der Waals surface area contributed by atoms with Gasteiger partial charge in [-0.2, -0.15) is 8.42 Å². The number of carbonyl (C=O) groups is 2. The molecular weight excluding hydrogens is 216 g/mol. The Morgan fingerprint density at radius 1 is 1.43 bits per heavy atom. The number of carboxylic acid groups (broad SMARTS) is 1. The molecule has 0 heterocycles. The summed E-state index contributed by atoms with van der Waals surface area (Å²) in [7, 11) is -4.34. The minimum atomic E-state index is -4.34. The molecule has 82 valence electrons. The molecular formula is C5H10N2O6S. The third kappa shape index (κ3) is 6.34. The molecule has 0 aliphatic rings. The lowest BCUT2D eigenvalue weighted by Crippen LogP contribution is -2.46. The van der Waals surface area contributed by atoms with E-state index in [1.807, 2.05) is 5.32 Å². The van der Waals surface area contributed by atoms with E-state index in [0.717, 1.165) is 0 Å². The van der Waals surface area contributed by atoms with Crippen LogP contribution in [0, 0.1) is 0 Å². The van der Waals surface area contributed by atoms with Crippen molar-refractivity contribution in [3.63, 3.8) is 0 Å². The maximum Gasteiger partial charge on any atom is 0.322 e. The third-order valence-corrected chi connectivity index (χ3v) is 1.92. The molecule has 0 spiro atoms. The topological polar surface area (TPSA) is 147 Å². The van der Waals surface area contributed by atoms with Crippen LogP contribution in [0.2, 0.25) is 0 Å². The van der Waals surface area contributed by atoms with Crippen LogP contribution in [0.3, 0.4) is 0 Å². The Morgan fingerprint density at radius 2 is 1.93 bits per heavy atom. The van der Waals surface area contributed by atoms with Crippen molar-refractivity contribution in [2.24, 2.45) is 5.73 Å². The average Bonchev–Trinajstić information content (AvgIpc) is 1.96. The fourth-order valence-corrected chi connectivity index (χ4v) is 1.20. The molecule has 0 radical (unpaired) electrons. The maximum absolute atomic E-state index is 10.9. The lowest BCUT2D eigenvalue weighted by atomic mass is 10.3. The molecule has 0 aromatic heterocycles. The van der Waals surface area contributed by atoms with Crippen molar-refractivity contribution in [2.75, 3.05) is 12.3 Å². The molecule has 8 nitrogen and oxygen atoms in total. The summed E-state index contributed by atoms with van der Waals surface area (Å²) in [6, 6.07) is -1.48. The smallest absolute Gasteiger partial charge is 0.322 e. The van der Waals surface area contributed by atoms with Crippen molar-refractivity contribution in [1.29, 1.82) is 0 Å². The predicted octanol–water partition coefficient (Wildman–Crippen LogP) is -2.60. The van der Waals surface area contributed by atoms with Crippen LogP contribution in [0.25, 0.3) is 0 Å². The van der Waals surface area contributed by atoms with Crippen LogP contribution in [0.4, 0.5) is 0 Å². The van der Waals surface area contributed by atoms with Crippen molar-refractivity contribution < 1.29 is 27.7 Å². The summed E-state index contributed by atoms with van der Waals surface area (Å²) in [6.45, 7) is -0.655. The van der Waals surface area contributed by atoms with Crippen LogP contribution in [0.1, 0.15) is 0 Å². The van der Waals surface area contributed by atoms with E-state index in [4.69, 9.17) is 15.4 Å². The second-order valence-electron chi connectivity index (χ2n) is 2.47. The number of carbonyl (C=O) groups excluding carboxylic acids is 1. The highest BCUT2D eigenvalue weighted by Crippen LogP contribution is 1.87. The van der Waals surface area contributed by atoms with Crippen molar-refractivity contribution in [3.05, 3.63) is 0 Å². The van der Waals surface area contributed by atoms with Crippen LogP contribution in [-0.4, -0.2) is 48.3 Å². The highest BCUT2D eigenvalue weighted by atomic mass is 32.2. The van der Waals surface area contributed by atoms with Crippen LogP contribution in [-0.2, 0) is 19.7 Å². The standard InChI is InChI=1S/C5H10N2O6S/c6-3(2-14(11,12)13)5(10)7-1-4(8)9/h3H,1-2,6H2,(H,7,10)(H,8,9)(H,11,12,13). The molecule has 0 saturated carbocycles. The summed E-state index contributed by atoms with van der Waals surface area (Å²) in [6.07, 6.45) is 0. The first-order valence-corrected chi connectivity index (χ1v) is 5.03. The Balaban J connectivity index is 4.07. The van der Waals surface area contributed by atoms with Gasteiger partial charge in [0.15, 0.2) is 0 Å². The number of amides is 1. The molecule has 5 N–H and O–H groups in total. The number of nitrogens with one attached hydrogen (secondary N) is 1. The second kappa shape index (κ2) is 4.88. The van der Waals surface area contributed by atoms with Crippen molar-refractivity contribution in [2.45, 2.75) is 6.04 Å². The number of aliphatic carboxylic acids is 1. The van der Waals surface area contributed by atoms with Gasteiger partial charge in [-0.3, -0.25) is 14.1 Å². The maximum atomic E-state index is 10.9. The van der Waals surface area contributed by atoms with Crippen LogP contribution < -0.4 is 11.1 Å². The normalized spacial score (nSPS) is 13.3. The first kappa shape index (κ1) is 12.8. The van der Waals surface area contributed by atoms with Crippen molar-refractivity contribution in [1.82, 2.24) is 5.32 Å². The van der Waals surface area contributed by atoms with E-state index >= 15 is 0 Å². The zero-order valence-electron chi connectivity index (χ0n) is 7.00. The molecule has 14 heavy (non-hydrogen) atoms. The van der Waals surface area contributed by atoms with E-state index in [9.17, 15) is 18.0 Å². The first-order chi connectivity index (χ1) is 6.22. The van der Waals surface area contributed by atoms with Crippen molar-refractivity contribution >= 4 is 22.0 Å². The number of hydrogen-bond acceptors (Lipinski definition) is 5. The highest BCUT2D eigenvalue weighted by Gasteiger charge is 2.20. The van der Waals surface area contributed by atoms with E-state index in [2.05, 4.69) is 0 Å². The Kier molecular flexibility index (Phi) is 4.47. The molecule has 0 aliphatic carbocycles. The number of carboxylic acids is 1. The van der Waals surface area contributed by atoms with E-state index in [-0.39, 0.29) is 0 Å². The summed E-state index contributed by atoms with van der Waals surface area (Å²) < 4.78 is 28.8. The molecule has 0 bridgehead atoms. The SMILES string of the molecule is NC(CS(=O)(=O)O)C(=O)NCC(=O)O. The molecule has 1 unspecified atom stereocenters. The molecule has 0 aromatic carbocycles. The summed E-state index contributed by atoms with van der Waals surface area (Å²) in [4.78, 5) is 20.8. The Morgan fingerprint density at radius 3 is 2.29 bits per heavy atom. The Bertz CT molecular complexity index is 323. The van der Waals surface area contributed by atoms with E-state index in [1.54, 1.807) is 0 Å². The lowest BCUT2D eigenvalue weighted by Gasteiger charge is -2.08. The molecule has 9 heteroatoms. The summed E-state index contributed by atoms with van der Waals surface area (Å²) in [5.41, 5.74) is 5.05.